The molecule has 4 nitrogen and oxygen atoms in total. The molecule has 1 unspecified atom stereocenters. The van der Waals surface area contributed by atoms with Crippen LogP contribution in [-0.4, -0.2) is 35.6 Å². The third-order valence-electron chi connectivity index (χ3n) is 4.15. The van der Waals surface area contributed by atoms with E-state index in [4.69, 9.17) is 5.73 Å². The van der Waals surface area contributed by atoms with E-state index in [1.807, 2.05) is 19.2 Å². The summed E-state index contributed by atoms with van der Waals surface area (Å²) in [5.41, 5.74) is 7.90. The van der Waals surface area contributed by atoms with Crippen molar-refractivity contribution >= 4 is 11.5 Å². The molecule has 3 N–H and O–H groups in total. The molecule has 1 saturated heterocycles. The number of anilines is 2. The van der Waals surface area contributed by atoms with Gasteiger partial charge in [0.05, 0.1) is 5.69 Å². The van der Waals surface area contributed by atoms with E-state index >= 15 is 0 Å². The molecule has 0 amide bonds. The molecule has 0 radical (unpaired) electrons. The van der Waals surface area contributed by atoms with Crippen LogP contribution in [0.15, 0.2) is 12.3 Å². The number of aromatic nitrogens is 1. The number of nitrogens with two attached hydrogens (primary N) is 1. The minimum absolute atomic E-state index is 0.743. The van der Waals surface area contributed by atoms with Crippen molar-refractivity contribution in [2.75, 3.05) is 30.7 Å². The first-order valence-electron chi connectivity index (χ1n) is 6.93. The van der Waals surface area contributed by atoms with Crippen LogP contribution in [0.1, 0.15) is 24.8 Å². The molecule has 1 saturated carbocycles. The maximum absolute atomic E-state index is 6.02. The van der Waals surface area contributed by atoms with Gasteiger partial charge >= 0.3 is 0 Å². The van der Waals surface area contributed by atoms with Gasteiger partial charge in [-0.2, -0.15) is 0 Å². The van der Waals surface area contributed by atoms with Crippen LogP contribution in [0.5, 0.6) is 0 Å². The Hall–Kier alpha value is -1.29. The van der Waals surface area contributed by atoms with E-state index < -0.39 is 0 Å². The Morgan fingerprint density at radius 2 is 2.28 bits per heavy atom. The summed E-state index contributed by atoms with van der Waals surface area (Å²) >= 11 is 0. The van der Waals surface area contributed by atoms with Gasteiger partial charge in [-0.15, -0.1) is 0 Å². The first kappa shape index (κ1) is 11.8. The van der Waals surface area contributed by atoms with Gasteiger partial charge in [-0.05, 0) is 50.3 Å². The van der Waals surface area contributed by atoms with Gasteiger partial charge in [0, 0.05) is 25.3 Å². The molecule has 2 fully saturated rings. The van der Waals surface area contributed by atoms with Crippen LogP contribution in [0, 0.1) is 12.8 Å². The number of hydrogen-bond acceptors (Lipinski definition) is 4. The molecule has 1 atom stereocenters. The van der Waals surface area contributed by atoms with Crippen molar-refractivity contribution in [1.82, 2.24) is 9.88 Å². The van der Waals surface area contributed by atoms with E-state index in [0.29, 0.717) is 0 Å². The molecule has 0 bridgehead atoms. The fraction of sp³-hybridized carbons (Fsp3) is 0.643. The highest BCUT2D eigenvalue weighted by Crippen LogP contribution is 2.31. The van der Waals surface area contributed by atoms with Crippen molar-refractivity contribution in [3.63, 3.8) is 0 Å². The third-order valence-corrected chi connectivity index (χ3v) is 4.15. The molecule has 1 aromatic heterocycles. The Bertz CT molecular complexity index is 428. The molecule has 4 heteroatoms. The van der Waals surface area contributed by atoms with Crippen LogP contribution in [0.3, 0.4) is 0 Å². The van der Waals surface area contributed by atoms with Crippen molar-refractivity contribution in [3.05, 3.63) is 17.8 Å². The lowest BCUT2D eigenvalue weighted by molar-refractivity contribution is 0.316. The monoisotopic (exact) mass is 246 g/mol. The third kappa shape index (κ3) is 2.43. The topological polar surface area (TPSA) is 54.2 Å². The Labute approximate surface area is 109 Å². The fourth-order valence-electron chi connectivity index (χ4n) is 2.75. The predicted molar refractivity (Wildman–Crippen MR) is 74.6 cm³/mol. The van der Waals surface area contributed by atoms with Gasteiger partial charge < -0.3 is 16.0 Å². The predicted octanol–water partition coefficient (Wildman–Crippen LogP) is 1.87. The normalized spacial score (nSPS) is 24.4. The molecular formula is C14H22N4. The van der Waals surface area contributed by atoms with Gasteiger partial charge in [-0.1, -0.05) is 0 Å². The van der Waals surface area contributed by atoms with E-state index in [1.165, 1.54) is 32.4 Å². The number of rotatable bonds is 4. The lowest BCUT2D eigenvalue weighted by atomic mass is 10.1. The number of nitrogens with zero attached hydrogens (tertiary/aromatic N) is 2. The zero-order valence-corrected chi connectivity index (χ0v) is 11.0. The van der Waals surface area contributed by atoms with E-state index in [9.17, 15) is 0 Å². The molecule has 2 heterocycles. The highest BCUT2D eigenvalue weighted by molar-refractivity contribution is 5.64. The van der Waals surface area contributed by atoms with E-state index in [2.05, 4.69) is 15.2 Å². The number of likely N-dealkylation sites (tertiary alicyclic amines) is 1. The van der Waals surface area contributed by atoms with Crippen LogP contribution in [0.2, 0.25) is 0 Å². The van der Waals surface area contributed by atoms with Crippen LogP contribution in [0.25, 0.3) is 0 Å². The van der Waals surface area contributed by atoms with Crippen LogP contribution >= 0.6 is 0 Å². The summed E-state index contributed by atoms with van der Waals surface area (Å²) in [5.74, 6) is 1.59. The van der Waals surface area contributed by atoms with E-state index in [0.717, 1.165) is 35.6 Å². The summed E-state index contributed by atoms with van der Waals surface area (Å²) < 4.78 is 0. The maximum Gasteiger partial charge on any atom is 0.149 e. The van der Waals surface area contributed by atoms with Crippen molar-refractivity contribution in [2.45, 2.75) is 32.2 Å². The average Bonchev–Trinajstić information content (AvgIpc) is 3.11. The number of pyridine rings is 1. The second-order valence-corrected chi connectivity index (χ2v) is 5.65. The van der Waals surface area contributed by atoms with Gasteiger partial charge in [-0.3, -0.25) is 0 Å². The van der Waals surface area contributed by atoms with Gasteiger partial charge in [0.25, 0.3) is 0 Å². The average molecular weight is 246 g/mol. The summed E-state index contributed by atoms with van der Waals surface area (Å²) in [4.78, 5) is 6.96. The Morgan fingerprint density at radius 1 is 1.44 bits per heavy atom. The number of nitrogens with one attached hydrogen (secondary N) is 1. The van der Waals surface area contributed by atoms with Gasteiger partial charge in [-0.25, -0.2) is 4.98 Å². The van der Waals surface area contributed by atoms with Crippen LogP contribution in [-0.2, 0) is 0 Å². The van der Waals surface area contributed by atoms with Gasteiger partial charge in [0.1, 0.15) is 5.82 Å². The summed E-state index contributed by atoms with van der Waals surface area (Å²) in [7, 11) is 0. The van der Waals surface area contributed by atoms with Crippen molar-refractivity contribution in [1.29, 1.82) is 0 Å². The molecule has 1 aliphatic heterocycles. The zero-order chi connectivity index (χ0) is 12.5. The zero-order valence-electron chi connectivity index (χ0n) is 11.0. The second kappa shape index (κ2) is 4.76. The Balaban J connectivity index is 1.53. The molecule has 2 aliphatic rings. The highest BCUT2D eigenvalue weighted by Gasteiger charge is 2.34. The largest absolute Gasteiger partial charge is 0.396 e. The Kier molecular flexibility index (Phi) is 3.12. The smallest absolute Gasteiger partial charge is 0.149 e. The maximum atomic E-state index is 6.02. The lowest BCUT2D eigenvalue weighted by Gasteiger charge is -2.16. The van der Waals surface area contributed by atoms with Gasteiger partial charge in [0.15, 0.2) is 0 Å². The SMILES string of the molecule is Cc1ccnc(NCC2CCN(C3CC3)C2)c1N. The molecule has 18 heavy (non-hydrogen) atoms. The lowest BCUT2D eigenvalue weighted by Crippen LogP contribution is -2.25. The molecule has 0 aromatic carbocycles. The minimum Gasteiger partial charge on any atom is -0.396 e. The molecular weight excluding hydrogens is 224 g/mol. The van der Waals surface area contributed by atoms with E-state index in [-0.39, 0.29) is 0 Å². The molecule has 98 valence electrons. The summed E-state index contributed by atoms with van der Waals surface area (Å²) in [6, 6.07) is 2.85. The quantitative estimate of drug-likeness (QED) is 0.851. The number of aryl methyl sites for hydroxylation is 1. The minimum atomic E-state index is 0.743. The standard InChI is InChI=1S/C14H22N4/c1-10-4-6-16-14(13(10)15)17-8-11-5-7-18(9-11)12-2-3-12/h4,6,11-12H,2-3,5,7-9,15H2,1H3,(H,16,17). The van der Waals surface area contributed by atoms with Crippen molar-refractivity contribution in [2.24, 2.45) is 5.92 Å². The molecule has 1 aliphatic carbocycles. The summed E-state index contributed by atoms with van der Waals surface area (Å²) in [6.07, 6.45) is 5.94. The van der Waals surface area contributed by atoms with Crippen LogP contribution < -0.4 is 11.1 Å². The van der Waals surface area contributed by atoms with Gasteiger partial charge in [0.2, 0.25) is 0 Å². The number of nitrogen functional groups attached to an aromatic ring is 1. The van der Waals surface area contributed by atoms with Crippen molar-refractivity contribution in [3.8, 4) is 0 Å². The first-order valence-corrected chi connectivity index (χ1v) is 6.93. The fourth-order valence-corrected chi connectivity index (χ4v) is 2.75. The Morgan fingerprint density at radius 3 is 3.06 bits per heavy atom. The summed E-state index contributed by atoms with van der Waals surface area (Å²) in [6.45, 7) is 5.52. The molecule has 1 aromatic rings. The number of hydrogen-bond donors (Lipinski definition) is 2. The first-order chi connectivity index (χ1) is 8.74. The highest BCUT2D eigenvalue weighted by atomic mass is 15.2. The van der Waals surface area contributed by atoms with Crippen molar-refractivity contribution < 1.29 is 0 Å². The van der Waals surface area contributed by atoms with Crippen LogP contribution in [0.4, 0.5) is 11.5 Å². The summed E-state index contributed by atoms with van der Waals surface area (Å²) in [5, 5.41) is 3.41. The second-order valence-electron chi connectivity index (χ2n) is 5.65. The molecule has 3 rings (SSSR count). The van der Waals surface area contributed by atoms with E-state index in [1.54, 1.807) is 0 Å². The molecule has 0 spiro atoms.